The molecule has 2 N–H and O–H groups in total. The van der Waals surface area contributed by atoms with E-state index in [4.69, 9.17) is 11.6 Å². The smallest absolute Gasteiger partial charge is 0.267 e. The van der Waals surface area contributed by atoms with Gasteiger partial charge in [0.2, 0.25) is 0 Å². The second kappa shape index (κ2) is 11.9. The number of aryl methyl sites for hydroxylation is 1. The van der Waals surface area contributed by atoms with E-state index in [1.807, 2.05) is 36.6 Å². The van der Waals surface area contributed by atoms with Gasteiger partial charge in [0.05, 0.1) is 0 Å². The number of hydrogen-bond acceptors (Lipinski definition) is 4. The number of carbonyl (C=O) groups excluding carboxylic acids is 2. The average molecular weight is 489 g/mol. The number of nitrogens with one attached hydrogen (secondary N) is 2. The monoisotopic (exact) mass is 488 g/mol. The van der Waals surface area contributed by atoms with Crippen molar-refractivity contribution in [3.8, 4) is 0 Å². The van der Waals surface area contributed by atoms with Gasteiger partial charge in [-0.15, -0.1) is 11.3 Å². The van der Waals surface area contributed by atoms with Gasteiger partial charge >= 0.3 is 0 Å². The summed E-state index contributed by atoms with van der Waals surface area (Å²) in [6.45, 7) is 2.20. The van der Waals surface area contributed by atoms with Crippen LogP contribution < -0.4 is 10.6 Å². The van der Waals surface area contributed by atoms with Crippen molar-refractivity contribution in [2.45, 2.75) is 12.7 Å². The summed E-state index contributed by atoms with van der Waals surface area (Å²) < 4.78 is 13.8. The zero-order valence-electron chi connectivity index (χ0n) is 17.4. The molecule has 4 nitrogen and oxygen atoms in total. The lowest BCUT2D eigenvalue weighted by Gasteiger charge is -2.12. The molecule has 0 aliphatic rings. The molecular formula is C24H22ClFN2O2S2. The van der Waals surface area contributed by atoms with E-state index >= 15 is 0 Å². The highest BCUT2D eigenvalue weighted by atomic mass is 35.5. The Hall–Kier alpha value is -2.61. The van der Waals surface area contributed by atoms with Crippen LogP contribution >= 0.6 is 34.7 Å². The zero-order valence-corrected chi connectivity index (χ0v) is 19.8. The fourth-order valence-electron chi connectivity index (χ4n) is 2.87. The van der Waals surface area contributed by atoms with E-state index in [2.05, 4.69) is 10.6 Å². The lowest BCUT2D eigenvalue weighted by Crippen LogP contribution is -2.36. The van der Waals surface area contributed by atoms with Gasteiger partial charge in [-0.1, -0.05) is 41.9 Å². The standard InChI is InChI=1S/C24H22ClFN2O2S2/c1-16-6-2-3-8-18(16)23(29)28-22(14-17-7-5-12-32-17)24(30)27-11-13-31-15-19-20(25)9-4-10-21(19)26/h2-10,12,14H,11,13,15H2,1H3,(H,27,30)(H,28,29)/b22-14-. The third-order valence-corrected chi connectivity index (χ3v) is 6.71. The summed E-state index contributed by atoms with van der Waals surface area (Å²) in [7, 11) is 0. The number of rotatable bonds is 9. The van der Waals surface area contributed by atoms with Crippen LogP contribution in [0, 0.1) is 12.7 Å². The maximum absolute atomic E-state index is 13.8. The minimum atomic E-state index is -0.384. The van der Waals surface area contributed by atoms with Crippen molar-refractivity contribution >= 4 is 52.6 Å². The second-order valence-electron chi connectivity index (χ2n) is 6.85. The van der Waals surface area contributed by atoms with E-state index in [9.17, 15) is 14.0 Å². The number of carbonyl (C=O) groups is 2. The van der Waals surface area contributed by atoms with Crippen LogP contribution in [0.1, 0.15) is 26.4 Å². The molecule has 166 valence electrons. The minimum absolute atomic E-state index is 0.169. The van der Waals surface area contributed by atoms with Crippen molar-refractivity contribution in [1.82, 2.24) is 10.6 Å². The predicted molar refractivity (Wildman–Crippen MR) is 132 cm³/mol. The van der Waals surface area contributed by atoms with Crippen molar-refractivity contribution in [3.63, 3.8) is 0 Å². The van der Waals surface area contributed by atoms with Crippen molar-refractivity contribution in [1.29, 1.82) is 0 Å². The van der Waals surface area contributed by atoms with Crippen LogP contribution in [0.4, 0.5) is 4.39 Å². The van der Waals surface area contributed by atoms with Crippen LogP contribution in [0.5, 0.6) is 0 Å². The first-order chi connectivity index (χ1) is 15.5. The zero-order chi connectivity index (χ0) is 22.9. The Morgan fingerprint density at radius 2 is 1.94 bits per heavy atom. The number of amides is 2. The van der Waals surface area contributed by atoms with E-state index in [0.717, 1.165) is 10.4 Å². The summed E-state index contributed by atoms with van der Waals surface area (Å²) in [6, 6.07) is 15.5. The van der Waals surface area contributed by atoms with Crippen LogP contribution in [-0.4, -0.2) is 24.1 Å². The molecule has 0 bridgehead atoms. The number of halogens is 2. The third kappa shape index (κ3) is 6.69. The summed E-state index contributed by atoms with van der Waals surface area (Å²) in [4.78, 5) is 26.4. The topological polar surface area (TPSA) is 58.2 Å². The van der Waals surface area contributed by atoms with Gasteiger partial charge in [-0.05, 0) is 48.2 Å². The summed E-state index contributed by atoms with van der Waals surface area (Å²) >= 11 is 8.97. The number of hydrogen-bond donors (Lipinski definition) is 2. The summed E-state index contributed by atoms with van der Waals surface area (Å²) in [6.07, 6.45) is 1.66. The Kier molecular flexibility index (Phi) is 8.90. The Morgan fingerprint density at radius 1 is 1.12 bits per heavy atom. The molecule has 0 saturated heterocycles. The third-order valence-electron chi connectivity index (χ3n) is 4.55. The maximum Gasteiger partial charge on any atom is 0.267 e. The normalized spacial score (nSPS) is 11.3. The van der Waals surface area contributed by atoms with E-state index in [-0.39, 0.29) is 23.3 Å². The van der Waals surface area contributed by atoms with Gasteiger partial charge in [0.15, 0.2) is 0 Å². The minimum Gasteiger partial charge on any atom is -0.350 e. The van der Waals surface area contributed by atoms with Crippen LogP contribution in [-0.2, 0) is 10.5 Å². The molecule has 2 aromatic carbocycles. The highest BCUT2D eigenvalue weighted by molar-refractivity contribution is 7.98. The molecular weight excluding hydrogens is 467 g/mol. The van der Waals surface area contributed by atoms with Crippen LogP contribution in [0.2, 0.25) is 5.02 Å². The van der Waals surface area contributed by atoms with Gasteiger partial charge in [-0.25, -0.2) is 4.39 Å². The molecule has 8 heteroatoms. The van der Waals surface area contributed by atoms with Gasteiger partial charge in [-0.3, -0.25) is 9.59 Å². The largest absolute Gasteiger partial charge is 0.350 e. The quantitative estimate of drug-likeness (QED) is 0.301. The Bertz CT molecular complexity index is 1100. The number of thioether (sulfide) groups is 1. The van der Waals surface area contributed by atoms with Crippen molar-refractivity contribution < 1.29 is 14.0 Å². The molecule has 0 unspecified atom stereocenters. The van der Waals surface area contributed by atoms with Crippen molar-refractivity contribution in [2.24, 2.45) is 0 Å². The first-order valence-corrected chi connectivity index (χ1v) is 12.3. The van der Waals surface area contributed by atoms with Gasteiger partial charge < -0.3 is 10.6 Å². The van der Waals surface area contributed by atoms with E-state index in [1.165, 1.54) is 29.2 Å². The second-order valence-corrected chi connectivity index (χ2v) is 9.34. The Labute approximate surface area is 199 Å². The van der Waals surface area contributed by atoms with Gasteiger partial charge in [-0.2, -0.15) is 11.8 Å². The Balaban J connectivity index is 1.59. The first kappa shape index (κ1) is 24.0. The molecule has 32 heavy (non-hydrogen) atoms. The summed E-state index contributed by atoms with van der Waals surface area (Å²) in [5.41, 5.74) is 1.95. The van der Waals surface area contributed by atoms with Crippen molar-refractivity contribution in [2.75, 3.05) is 12.3 Å². The van der Waals surface area contributed by atoms with E-state index < -0.39 is 0 Å². The summed E-state index contributed by atoms with van der Waals surface area (Å²) in [5.74, 6) is -0.0962. The molecule has 0 atom stereocenters. The molecule has 0 saturated carbocycles. The number of benzene rings is 2. The van der Waals surface area contributed by atoms with Gasteiger partial charge in [0.1, 0.15) is 11.5 Å². The molecule has 3 rings (SSSR count). The van der Waals surface area contributed by atoms with Crippen LogP contribution in [0.15, 0.2) is 65.7 Å². The summed E-state index contributed by atoms with van der Waals surface area (Å²) in [5, 5.41) is 7.84. The maximum atomic E-state index is 13.8. The van der Waals surface area contributed by atoms with Crippen molar-refractivity contribution in [3.05, 3.63) is 98.1 Å². The molecule has 0 radical (unpaired) electrons. The van der Waals surface area contributed by atoms with Crippen LogP contribution in [0.3, 0.4) is 0 Å². The number of thiophene rings is 1. The van der Waals surface area contributed by atoms with Gasteiger partial charge in [0, 0.05) is 39.1 Å². The molecule has 0 fully saturated rings. The lowest BCUT2D eigenvalue weighted by atomic mass is 10.1. The molecule has 1 heterocycles. The average Bonchev–Trinajstić information content (AvgIpc) is 3.28. The van der Waals surface area contributed by atoms with E-state index in [1.54, 1.807) is 30.3 Å². The predicted octanol–water partition coefficient (Wildman–Crippen LogP) is 5.67. The molecule has 0 spiro atoms. The Morgan fingerprint density at radius 3 is 2.66 bits per heavy atom. The SMILES string of the molecule is Cc1ccccc1C(=O)N/C(=C\c1cccs1)C(=O)NCCSCc1c(F)cccc1Cl. The molecule has 0 aliphatic heterocycles. The first-order valence-electron chi connectivity index (χ1n) is 9.86. The molecule has 2 amide bonds. The lowest BCUT2D eigenvalue weighted by molar-refractivity contribution is -0.117. The molecule has 0 aliphatic carbocycles. The fraction of sp³-hybridized carbons (Fsp3) is 0.167. The van der Waals surface area contributed by atoms with Gasteiger partial charge in [0.25, 0.3) is 11.8 Å². The fourth-order valence-corrected chi connectivity index (χ4v) is 4.72. The van der Waals surface area contributed by atoms with E-state index in [0.29, 0.717) is 34.2 Å². The molecule has 3 aromatic rings. The highest BCUT2D eigenvalue weighted by Gasteiger charge is 2.16. The molecule has 1 aromatic heterocycles. The van der Waals surface area contributed by atoms with Crippen LogP contribution in [0.25, 0.3) is 6.08 Å². The highest BCUT2D eigenvalue weighted by Crippen LogP contribution is 2.23.